The van der Waals surface area contributed by atoms with E-state index < -0.39 is 0 Å². The van der Waals surface area contributed by atoms with E-state index in [0.717, 1.165) is 31.0 Å². The van der Waals surface area contributed by atoms with Crippen LogP contribution >= 0.6 is 0 Å². The molecule has 3 rings (SSSR count). The average Bonchev–Trinajstić information content (AvgIpc) is 3.12. The van der Waals surface area contributed by atoms with Crippen molar-refractivity contribution in [2.45, 2.75) is 71.9 Å². The van der Waals surface area contributed by atoms with Crippen molar-refractivity contribution in [2.24, 2.45) is 17.8 Å². The Morgan fingerprint density at radius 1 is 0.760 bits per heavy atom. The van der Waals surface area contributed by atoms with Crippen molar-refractivity contribution in [3.63, 3.8) is 0 Å². The van der Waals surface area contributed by atoms with E-state index in [9.17, 15) is 4.79 Å². The van der Waals surface area contributed by atoms with Gasteiger partial charge in [0.1, 0.15) is 0 Å². The Bertz CT molecular complexity index is 434. The molecule has 0 aromatic heterocycles. The van der Waals surface area contributed by atoms with Gasteiger partial charge in [0.25, 0.3) is 0 Å². The van der Waals surface area contributed by atoms with Crippen LogP contribution in [0.15, 0.2) is 0 Å². The van der Waals surface area contributed by atoms with E-state index in [1.54, 1.807) is 0 Å². The molecule has 3 heterocycles. The monoisotopic (exact) mass is 349 g/mol. The Labute approximate surface area is 154 Å². The molecule has 1 unspecified atom stereocenters. The first kappa shape index (κ1) is 19.2. The summed E-state index contributed by atoms with van der Waals surface area (Å²) in [6.07, 6.45) is 6.43. The predicted octanol–water partition coefficient (Wildman–Crippen LogP) is 3.08. The van der Waals surface area contributed by atoms with Gasteiger partial charge in [0.05, 0.1) is 0 Å². The first-order chi connectivity index (χ1) is 12.0. The highest BCUT2D eigenvalue weighted by atomic mass is 16.2. The molecule has 0 bridgehead atoms. The Hall–Kier alpha value is -0.610. The highest BCUT2D eigenvalue weighted by Gasteiger charge is 2.34. The maximum atomic E-state index is 12.2. The minimum atomic E-state index is 0.141. The van der Waals surface area contributed by atoms with Crippen molar-refractivity contribution >= 4 is 5.91 Å². The molecule has 0 radical (unpaired) electrons. The number of carbonyl (C=O) groups is 1. The van der Waals surface area contributed by atoms with Gasteiger partial charge in [0.15, 0.2) is 0 Å². The van der Waals surface area contributed by atoms with E-state index in [2.05, 4.69) is 28.5 Å². The van der Waals surface area contributed by atoms with E-state index in [-0.39, 0.29) is 5.92 Å². The van der Waals surface area contributed by atoms with Crippen molar-refractivity contribution in [3.8, 4) is 0 Å². The van der Waals surface area contributed by atoms with Crippen LogP contribution in [-0.4, -0.2) is 72.0 Å². The molecule has 0 aliphatic carbocycles. The Morgan fingerprint density at radius 3 is 1.80 bits per heavy atom. The number of piperidine rings is 2. The molecule has 25 heavy (non-hydrogen) atoms. The lowest BCUT2D eigenvalue weighted by molar-refractivity contribution is -0.136. The van der Waals surface area contributed by atoms with Gasteiger partial charge >= 0.3 is 0 Å². The fourth-order valence-corrected chi connectivity index (χ4v) is 5.12. The van der Waals surface area contributed by atoms with Gasteiger partial charge in [0.2, 0.25) is 5.91 Å². The third kappa shape index (κ3) is 4.57. The maximum absolute atomic E-state index is 12.2. The van der Waals surface area contributed by atoms with Crippen LogP contribution in [0.5, 0.6) is 0 Å². The third-order valence-electron chi connectivity index (χ3n) is 7.00. The topological polar surface area (TPSA) is 26.8 Å². The van der Waals surface area contributed by atoms with Crippen LogP contribution < -0.4 is 0 Å². The van der Waals surface area contributed by atoms with Gasteiger partial charge in [-0.05, 0) is 63.6 Å². The van der Waals surface area contributed by atoms with Gasteiger partial charge < -0.3 is 9.80 Å². The van der Waals surface area contributed by atoms with Gasteiger partial charge in [-0.2, -0.15) is 0 Å². The van der Waals surface area contributed by atoms with Gasteiger partial charge in [-0.15, -0.1) is 0 Å². The van der Waals surface area contributed by atoms with Gasteiger partial charge in [-0.25, -0.2) is 0 Å². The number of hydrogen-bond donors (Lipinski definition) is 0. The summed E-state index contributed by atoms with van der Waals surface area (Å²) in [6.45, 7) is 15.9. The second-order valence-electron chi connectivity index (χ2n) is 9.27. The molecular formula is C21H39N3O. The molecule has 3 saturated heterocycles. The minimum Gasteiger partial charge on any atom is -0.342 e. The average molecular weight is 350 g/mol. The van der Waals surface area contributed by atoms with Crippen LogP contribution in [0, 0.1) is 17.8 Å². The van der Waals surface area contributed by atoms with Crippen molar-refractivity contribution in [1.29, 1.82) is 0 Å². The number of carbonyl (C=O) groups excluding carboxylic acids is 1. The SMILES string of the molecule is CC(C)C(=O)N1CCC(N2CCC(N3CCC(C(C)C)C3)CC2)CC1. The van der Waals surface area contributed by atoms with E-state index in [1.807, 2.05) is 13.8 Å². The molecule has 3 fully saturated rings. The molecule has 3 aliphatic heterocycles. The van der Waals surface area contributed by atoms with Crippen LogP contribution in [0.2, 0.25) is 0 Å². The highest BCUT2D eigenvalue weighted by molar-refractivity contribution is 5.78. The minimum absolute atomic E-state index is 0.141. The normalized spacial score (nSPS) is 28.4. The van der Waals surface area contributed by atoms with Crippen molar-refractivity contribution in [3.05, 3.63) is 0 Å². The zero-order chi connectivity index (χ0) is 18.0. The number of hydrogen-bond acceptors (Lipinski definition) is 3. The van der Waals surface area contributed by atoms with Crippen molar-refractivity contribution in [1.82, 2.24) is 14.7 Å². The molecule has 0 saturated carbocycles. The Morgan fingerprint density at radius 2 is 1.28 bits per heavy atom. The molecule has 144 valence electrons. The fourth-order valence-electron chi connectivity index (χ4n) is 5.12. The first-order valence-corrected chi connectivity index (χ1v) is 10.7. The third-order valence-corrected chi connectivity index (χ3v) is 7.00. The number of amides is 1. The molecule has 0 aromatic carbocycles. The zero-order valence-electron chi connectivity index (χ0n) is 16.9. The van der Waals surface area contributed by atoms with E-state index in [4.69, 9.17) is 0 Å². The fraction of sp³-hybridized carbons (Fsp3) is 0.952. The molecule has 1 amide bonds. The summed E-state index contributed by atoms with van der Waals surface area (Å²) >= 11 is 0. The van der Waals surface area contributed by atoms with E-state index >= 15 is 0 Å². The largest absolute Gasteiger partial charge is 0.342 e. The molecule has 0 aromatic rings. The molecule has 1 atom stereocenters. The van der Waals surface area contributed by atoms with Crippen molar-refractivity contribution in [2.75, 3.05) is 39.3 Å². The number of nitrogens with zero attached hydrogens (tertiary/aromatic N) is 3. The van der Waals surface area contributed by atoms with Crippen LogP contribution in [0.3, 0.4) is 0 Å². The molecular weight excluding hydrogens is 310 g/mol. The number of rotatable bonds is 4. The van der Waals surface area contributed by atoms with Gasteiger partial charge in [-0.1, -0.05) is 27.7 Å². The summed E-state index contributed by atoms with van der Waals surface area (Å²) in [5.74, 6) is 2.23. The van der Waals surface area contributed by atoms with Gasteiger partial charge in [-0.3, -0.25) is 9.69 Å². The molecule has 0 N–H and O–H groups in total. The zero-order valence-corrected chi connectivity index (χ0v) is 16.9. The maximum Gasteiger partial charge on any atom is 0.225 e. The molecule has 0 spiro atoms. The first-order valence-electron chi connectivity index (χ1n) is 10.7. The van der Waals surface area contributed by atoms with Crippen LogP contribution in [0.4, 0.5) is 0 Å². The summed E-state index contributed by atoms with van der Waals surface area (Å²) in [5.41, 5.74) is 0. The predicted molar refractivity (Wildman–Crippen MR) is 104 cm³/mol. The number of likely N-dealkylation sites (tertiary alicyclic amines) is 3. The van der Waals surface area contributed by atoms with Crippen LogP contribution in [-0.2, 0) is 4.79 Å². The summed E-state index contributed by atoms with van der Waals surface area (Å²) in [5, 5.41) is 0. The molecule has 3 aliphatic rings. The Balaban J connectivity index is 1.41. The Kier molecular flexibility index (Phi) is 6.43. The summed E-state index contributed by atoms with van der Waals surface area (Å²) in [6, 6.07) is 1.53. The van der Waals surface area contributed by atoms with Crippen molar-refractivity contribution < 1.29 is 4.79 Å². The molecule has 4 heteroatoms. The van der Waals surface area contributed by atoms with E-state index in [1.165, 1.54) is 58.3 Å². The quantitative estimate of drug-likeness (QED) is 0.780. The lowest BCUT2D eigenvalue weighted by atomic mass is 9.95. The second kappa shape index (κ2) is 8.39. The van der Waals surface area contributed by atoms with E-state index in [0.29, 0.717) is 11.9 Å². The highest BCUT2D eigenvalue weighted by Crippen LogP contribution is 2.30. The lowest BCUT2D eigenvalue weighted by Crippen LogP contribution is -2.52. The van der Waals surface area contributed by atoms with Crippen LogP contribution in [0.1, 0.15) is 59.8 Å². The van der Waals surface area contributed by atoms with Gasteiger partial charge in [0, 0.05) is 37.6 Å². The second-order valence-corrected chi connectivity index (χ2v) is 9.27. The summed E-state index contributed by atoms with van der Waals surface area (Å²) in [4.78, 5) is 19.7. The summed E-state index contributed by atoms with van der Waals surface area (Å²) < 4.78 is 0. The van der Waals surface area contributed by atoms with Crippen LogP contribution in [0.25, 0.3) is 0 Å². The smallest absolute Gasteiger partial charge is 0.225 e. The molecule has 4 nitrogen and oxygen atoms in total. The summed E-state index contributed by atoms with van der Waals surface area (Å²) in [7, 11) is 0. The standard InChI is InChI=1S/C21H39N3O/c1-16(2)18-5-10-24(15-18)20-6-11-22(12-7-20)19-8-13-23(14-9-19)21(25)17(3)4/h16-20H,5-15H2,1-4H3. The lowest BCUT2D eigenvalue weighted by Gasteiger charge is -2.43.